The molecule has 1 aromatic rings. The van der Waals surface area contributed by atoms with Gasteiger partial charge in [0.1, 0.15) is 0 Å². The van der Waals surface area contributed by atoms with Gasteiger partial charge >= 0.3 is 0 Å². The van der Waals surface area contributed by atoms with E-state index < -0.39 is 0 Å². The van der Waals surface area contributed by atoms with E-state index in [1.165, 1.54) is 17.5 Å². The van der Waals surface area contributed by atoms with Gasteiger partial charge in [-0.2, -0.15) is 0 Å². The highest BCUT2D eigenvalue weighted by Gasteiger charge is 2.23. The Bertz CT molecular complexity index is 462. The summed E-state index contributed by atoms with van der Waals surface area (Å²) in [5.41, 5.74) is 2.76. The van der Waals surface area contributed by atoms with Gasteiger partial charge in [-0.15, -0.1) is 0 Å². The maximum absolute atomic E-state index is 12.1. The minimum atomic E-state index is -0.177. The number of rotatable bonds is 7. The van der Waals surface area contributed by atoms with Crippen LogP contribution in [0.15, 0.2) is 24.3 Å². The zero-order valence-corrected chi connectivity index (χ0v) is 13.0. The smallest absolute Gasteiger partial charge is 0.236 e. The van der Waals surface area contributed by atoms with Crippen molar-refractivity contribution >= 4 is 5.91 Å². The maximum atomic E-state index is 12.1. The topological polar surface area (TPSA) is 50.4 Å². The molecule has 0 aliphatic heterocycles. The summed E-state index contributed by atoms with van der Waals surface area (Å²) < 4.78 is 4.98. The Hall–Kier alpha value is -1.39. The van der Waals surface area contributed by atoms with Gasteiger partial charge in [-0.05, 0) is 43.7 Å². The summed E-state index contributed by atoms with van der Waals surface area (Å²) in [7, 11) is 1.67. The molecule has 21 heavy (non-hydrogen) atoms. The van der Waals surface area contributed by atoms with Crippen LogP contribution in [0.25, 0.3) is 0 Å². The van der Waals surface area contributed by atoms with E-state index in [2.05, 4.69) is 34.9 Å². The summed E-state index contributed by atoms with van der Waals surface area (Å²) >= 11 is 0. The van der Waals surface area contributed by atoms with E-state index in [0.29, 0.717) is 13.2 Å². The molecule has 2 atom stereocenters. The normalized spacial score (nSPS) is 18.9. The second-order valence-corrected chi connectivity index (χ2v) is 5.67. The second kappa shape index (κ2) is 8.15. The molecule has 0 fully saturated rings. The van der Waals surface area contributed by atoms with E-state index in [-0.39, 0.29) is 18.0 Å². The van der Waals surface area contributed by atoms with Crippen molar-refractivity contribution in [2.45, 2.75) is 44.7 Å². The lowest BCUT2D eigenvalue weighted by atomic mass is 9.87. The van der Waals surface area contributed by atoms with Gasteiger partial charge in [-0.25, -0.2) is 0 Å². The van der Waals surface area contributed by atoms with E-state index >= 15 is 0 Å². The first-order valence-electron chi connectivity index (χ1n) is 7.83. The highest BCUT2D eigenvalue weighted by molar-refractivity contribution is 5.81. The zero-order chi connectivity index (χ0) is 15.1. The molecule has 2 rings (SSSR count). The average molecular weight is 290 g/mol. The van der Waals surface area contributed by atoms with E-state index in [0.717, 1.165) is 19.3 Å². The van der Waals surface area contributed by atoms with Gasteiger partial charge in [-0.1, -0.05) is 24.3 Å². The minimum absolute atomic E-state index is 0.0640. The van der Waals surface area contributed by atoms with Crippen LogP contribution in [0.2, 0.25) is 0 Å². The molecule has 1 aliphatic rings. The molecule has 1 aliphatic carbocycles. The molecule has 1 aromatic carbocycles. The van der Waals surface area contributed by atoms with Gasteiger partial charge in [0.25, 0.3) is 0 Å². The Morgan fingerprint density at radius 2 is 2.24 bits per heavy atom. The first kappa shape index (κ1) is 16.0. The SMILES string of the molecule is COCCCNC(=O)C(C)NC1CCCc2ccccc21. The third-order valence-electron chi connectivity index (χ3n) is 4.04. The number of nitrogens with one attached hydrogen (secondary N) is 2. The molecule has 0 heterocycles. The molecule has 2 N–H and O–H groups in total. The number of amides is 1. The van der Waals surface area contributed by atoms with Crippen LogP contribution >= 0.6 is 0 Å². The van der Waals surface area contributed by atoms with Crippen molar-refractivity contribution in [3.8, 4) is 0 Å². The number of carbonyl (C=O) groups excluding carboxylic acids is 1. The summed E-state index contributed by atoms with van der Waals surface area (Å²) in [5.74, 6) is 0.0640. The van der Waals surface area contributed by atoms with Gasteiger partial charge < -0.3 is 10.1 Å². The van der Waals surface area contributed by atoms with Crippen LogP contribution in [-0.2, 0) is 16.0 Å². The average Bonchev–Trinajstić information content (AvgIpc) is 2.51. The summed E-state index contributed by atoms with van der Waals surface area (Å²) in [6.07, 6.45) is 4.27. The lowest BCUT2D eigenvalue weighted by Gasteiger charge is -2.28. The van der Waals surface area contributed by atoms with Crippen molar-refractivity contribution in [2.75, 3.05) is 20.3 Å². The van der Waals surface area contributed by atoms with Gasteiger partial charge in [-0.3, -0.25) is 10.1 Å². The van der Waals surface area contributed by atoms with Crippen LogP contribution in [-0.4, -0.2) is 32.2 Å². The molecule has 0 aromatic heterocycles. The van der Waals surface area contributed by atoms with Crippen LogP contribution in [0.1, 0.15) is 43.4 Å². The summed E-state index contributed by atoms with van der Waals surface area (Å²) in [6.45, 7) is 3.28. The van der Waals surface area contributed by atoms with Crippen molar-refractivity contribution < 1.29 is 9.53 Å². The molecular weight excluding hydrogens is 264 g/mol. The van der Waals surface area contributed by atoms with E-state index in [1.54, 1.807) is 7.11 Å². The Kier molecular flexibility index (Phi) is 6.21. The third-order valence-corrected chi connectivity index (χ3v) is 4.04. The Labute approximate surface area is 127 Å². The molecular formula is C17H26N2O2. The molecule has 0 saturated heterocycles. The first-order valence-corrected chi connectivity index (χ1v) is 7.83. The number of benzene rings is 1. The largest absolute Gasteiger partial charge is 0.385 e. The number of aryl methyl sites for hydroxylation is 1. The van der Waals surface area contributed by atoms with Crippen LogP contribution in [0.3, 0.4) is 0 Å². The third kappa shape index (κ3) is 4.55. The summed E-state index contributed by atoms with van der Waals surface area (Å²) in [4.78, 5) is 12.1. The predicted molar refractivity (Wildman–Crippen MR) is 84.2 cm³/mol. The number of methoxy groups -OCH3 is 1. The fourth-order valence-corrected chi connectivity index (χ4v) is 2.89. The van der Waals surface area contributed by atoms with E-state index in [9.17, 15) is 4.79 Å². The van der Waals surface area contributed by atoms with Gasteiger partial charge in [0, 0.05) is 26.3 Å². The summed E-state index contributed by atoms with van der Waals surface area (Å²) in [5, 5.41) is 6.42. The first-order chi connectivity index (χ1) is 10.2. The predicted octanol–water partition coefficient (Wildman–Crippen LogP) is 2.19. The minimum Gasteiger partial charge on any atom is -0.385 e. The number of hydrogen-bond donors (Lipinski definition) is 2. The van der Waals surface area contributed by atoms with Gasteiger partial charge in [0.15, 0.2) is 0 Å². The lowest BCUT2D eigenvalue weighted by Crippen LogP contribution is -2.44. The molecule has 0 radical (unpaired) electrons. The van der Waals surface area contributed by atoms with E-state index in [1.807, 2.05) is 6.92 Å². The van der Waals surface area contributed by atoms with Crippen molar-refractivity contribution in [1.82, 2.24) is 10.6 Å². The Morgan fingerprint density at radius 1 is 1.43 bits per heavy atom. The fourth-order valence-electron chi connectivity index (χ4n) is 2.89. The monoisotopic (exact) mass is 290 g/mol. The number of fused-ring (bicyclic) bond motifs is 1. The van der Waals surface area contributed by atoms with Crippen molar-refractivity contribution in [3.63, 3.8) is 0 Å². The quantitative estimate of drug-likeness (QED) is 0.757. The van der Waals surface area contributed by atoms with E-state index in [4.69, 9.17) is 4.74 Å². The number of ether oxygens (including phenoxy) is 1. The van der Waals surface area contributed by atoms with Crippen molar-refractivity contribution in [3.05, 3.63) is 35.4 Å². The zero-order valence-electron chi connectivity index (χ0n) is 13.0. The highest BCUT2D eigenvalue weighted by atomic mass is 16.5. The number of hydrogen-bond acceptors (Lipinski definition) is 3. The molecule has 0 saturated carbocycles. The lowest BCUT2D eigenvalue weighted by molar-refractivity contribution is -0.123. The van der Waals surface area contributed by atoms with Crippen LogP contribution < -0.4 is 10.6 Å². The molecule has 116 valence electrons. The van der Waals surface area contributed by atoms with Crippen LogP contribution in [0.4, 0.5) is 0 Å². The van der Waals surface area contributed by atoms with Gasteiger partial charge in [0.2, 0.25) is 5.91 Å². The highest BCUT2D eigenvalue weighted by Crippen LogP contribution is 2.29. The maximum Gasteiger partial charge on any atom is 0.236 e. The Balaban J connectivity index is 1.85. The number of carbonyl (C=O) groups is 1. The fraction of sp³-hybridized carbons (Fsp3) is 0.588. The molecule has 0 bridgehead atoms. The molecule has 0 spiro atoms. The van der Waals surface area contributed by atoms with Crippen molar-refractivity contribution in [1.29, 1.82) is 0 Å². The molecule has 4 nitrogen and oxygen atoms in total. The van der Waals surface area contributed by atoms with Crippen LogP contribution in [0, 0.1) is 0 Å². The standard InChI is InChI=1S/C17H26N2O2/c1-13(17(20)18-11-6-12-21-2)19-16-10-5-8-14-7-3-4-9-15(14)16/h3-4,7,9,13,16,19H,5-6,8,10-12H2,1-2H3,(H,18,20). The second-order valence-electron chi connectivity index (χ2n) is 5.67. The van der Waals surface area contributed by atoms with Gasteiger partial charge in [0.05, 0.1) is 6.04 Å². The Morgan fingerprint density at radius 3 is 3.05 bits per heavy atom. The molecule has 2 unspecified atom stereocenters. The van der Waals surface area contributed by atoms with Crippen LogP contribution in [0.5, 0.6) is 0 Å². The molecule has 4 heteroatoms. The molecule has 1 amide bonds. The summed E-state index contributed by atoms with van der Waals surface area (Å²) in [6, 6.07) is 8.65. The van der Waals surface area contributed by atoms with Crippen molar-refractivity contribution in [2.24, 2.45) is 0 Å².